The van der Waals surface area contributed by atoms with Crippen LogP contribution in [0.25, 0.3) is 0 Å². The molecule has 2 heterocycles. The van der Waals surface area contributed by atoms with Gasteiger partial charge in [0.2, 0.25) is 6.35 Å². The fourth-order valence-electron chi connectivity index (χ4n) is 2.16. The van der Waals surface area contributed by atoms with E-state index in [1.54, 1.807) is 0 Å². The standard InChI is InChI=1S/C11H16ClN3O5/c1-3-11(12)8(18)7(5(2)16)20-9(11)15-10(19)14-6(17)4-13-15/h1,4-10,14,16-19H,2H3/t5-,6?,7-,8+,9-,10?,11?/m1/s1. The third-order valence-electron chi connectivity index (χ3n) is 3.24. The van der Waals surface area contributed by atoms with Crippen molar-refractivity contribution in [3.05, 3.63) is 0 Å². The Morgan fingerprint density at radius 1 is 1.55 bits per heavy atom. The molecule has 2 rings (SSSR count). The highest BCUT2D eigenvalue weighted by atomic mass is 35.5. The second-order valence-electron chi connectivity index (χ2n) is 4.68. The molecule has 0 aliphatic carbocycles. The number of rotatable bonds is 2. The highest BCUT2D eigenvalue weighted by Crippen LogP contribution is 2.40. The van der Waals surface area contributed by atoms with Crippen LogP contribution in [0.2, 0.25) is 0 Å². The molecule has 2 aliphatic heterocycles. The van der Waals surface area contributed by atoms with Crippen LogP contribution < -0.4 is 5.32 Å². The summed E-state index contributed by atoms with van der Waals surface area (Å²) in [5, 5.41) is 45.9. The van der Waals surface area contributed by atoms with E-state index in [1.165, 1.54) is 6.92 Å². The fraction of sp³-hybridized carbons (Fsp3) is 0.727. The Morgan fingerprint density at radius 2 is 2.20 bits per heavy atom. The van der Waals surface area contributed by atoms with Crippen molar-refractivity contribution in [2.75, 3.05) is 0 Å². The summed E-state index contributed by atoms with van der Waals surface area (Å²) in [6, 6.07) is 0. The zero-order valence-corrected chi connectivity index (χ0v) is 11.3. The molecule has 112 valence electrons. The van der Waals surface area contributed by atoms with E-state index in [4.69, 9.17) is 22.8 Å². The van der Waals surface area contributed by atoms with Gasteiger partial charge in [0.25, 0.3) is 0 Å². The SMILES string of the molecule is C#CC1(Cl)[C@@H](O)[C@@H]([C@@H](C)O)O[C@H]1N1N=CC(O)NC1O. The number of nitrogens with one attached hydrogen (secondary N) is 1. The molecule has 0 aromatic rings. The maximum Gasteiger partial charge on any atom is 0.204 e. The molecule has 20 heavy (non-hydrogen) atoms. The first kappa shape index (κ1) is 15.5. The Kier molecular flexibility index (Phi) is 4.22. The fourth-order valence-corrected chi connectivity index (χ4v) is 2.44. The van der Waals surface area contributed by atoms with Gasteiger partial charge in [-0.1, -0.05) is 17.5 Å². The highest BCUT2D eigenvalue weighted by Gasteiger charge is 2.59. The number of aliphatic hydroxyl groups is 4. The molecule has 0 aromatic carbocycles. The van der Waals surface area contributed by atoms with Crippen molar-refractivity contribution in [2.45, 2.75) is 48.9 Å². The zero-order chi connectivity index (χ0) is 15.1. The lowest BCUT2D eigenvalue weighted by atomic mass is 9.97. The molecule has 0 aromatic heterocycles. The summed E-state index contributed by atoms with van der Waals surface area (Å²) in [5.74, 6) is 2.22. The molecule has 7 atom stereocenters. The Balaban J connectivity index is 2.31. The first-order valence-corrected chi connectivity index (χ1v) is 6.32. The van der Waals surface area contributed by atoms with Gasteiger partial charge in [-0.15, -0.1) is 6.42 Å². The number of hydrogen-bond donors (Lipinski definition) is 5. The average Bonchev–Trinajstić information content (AvgIpc) is 2.64. The van der Waals surface area contributed by atoms with Crippen LogP contribution in [0.1, 0.15) is 6.92 Å². The molecule has 0 bridgehead atoms. The van der Waals surface area contributed by atoms with Crippen LogP contribution in [0.3, 0.4) is 0 Å². The van der Waals surface area contributed by atoms with Gasteiger partial charge in [0.15, 0.2) is 11.1 Å². The van der Waals surface area contributed by atoms with Crippen LogP contribution in [0.4, 0.5) is 0 Å². The zero-order valence-electron chi connectivity index (χ0n) is 10.6. The number of ether oxygens (including phenoxy) is 1. The molecular weight excluding hydrogens is 290 g/mol. The molecule has 0 saturated carbocycles. The number of alkyl halides is 1. The molecule has 1 saturated heterocycles. The van der Waals surface area contributed by atoms with Crippen molar-refractivity contribution in [1.82, 2.24) is 10.3 Å². The molecule has 8 nitrogen and oxygen atoms in total. The summed E-state index contributed by atoms with van der Waals surface area (Å²) in [6.07, 6.45) is -0.665. The van der Waals surface area contributed by atoms with Crippen molar-refractivity contribution in [3.8, 4) is 12.3 Å². The Labute approximate surface area is 120 Å². The van der Waals surface area contributed by atoms with Gasteiger partial charge < -0.3 is 25.2 Å². The van der Waals surface area contributed by atoms with E-state index in [-0.39, 0.29) is 0 Å². The number of hydrazone groups is 1. The molecule has 2 aliphatic rings. The number of nitrogens with zero attached hydrogens (tertiary/aromatic N) is 2. The summed E-state index contributed by atoms with van der Waals surface area (Å²) in [5.41, 5.74) is 0. The number of terminal acetylenes is 1. The van der Waals surface area contributed by atoms with Gasteiger partial charge >= 0.3 is 0 Å². The van der Waals surface area contributed by atoms with E-state index >= 15 is 0 Å². The highest BCUT2D eigenvalue weighted by molar-refractivity contribution is 6.27. The Bertz CT molecular complexity index is 442. The van der Waals surface area contributed by atoms with Gasteiger partial charge in [0.1, 0.15) is 18.4 Å². The first-order valence-electron chi connectivity index (χ1n) is 5.94. The van der Waals surface area contributed by atoms with Crippen molar-refractivity contribution in [3.63, 3.8) is 0 Å². The molecule has 5 N–H and O–H groups in total. The van der Waals surface area contributed by atoms with Crippen molar-refractivity contribution in [1.29, 1.82) is 0 Å². The lowest BCUT2D eigenvalue weighted by Gasteiger charge is -2.38. The quantitative estimate of drug-likeness (QED) is 0.284. The monoisotopic (exact) mass is 305 g/mol. The number of halogens is 1. The second-order valence-corrected chi connectivity index (χ2v) is 5.31. The minimum atomic E-state index is -1.70. The maximum atomic E-state index is 10.1. The van der Waals surface area contributed by atoms with E-state index in [0.717, 1.165) is 11.2 Å². The van der Waals surface area contributed by atoms with Crippen LogP contribution in [-0.4, -0.2) is 73.6 Å². The smallest absolute Gasteiger partial charge is 0.204 e. The van der Waals surface area contributed by atoms with E-state index < -0.39 is 42.0 Å². The predicted molar refractivity (Wildman–Crippen MR) is 69.2 cm³/mol. The molecular formula is C11H16ClN3O5. The van der Waals surface area contributed by atoms with Crippen LogP contribution in [-0.2, 0) is 4.74 Å². The minimum Gasteiger partial charge on any atom is -0.391 e. The maximum absolute atomic E-state index is 10.1. The largest absolute Gasteiger partial charge is 0.391 e. The third-order valence-corrected chi connectivity index (χ3v) is 3.75. The van der Waals surface area contributed by atoms with E-state index in [1.807, 2.05) is 0 Å². The van der Waals surface area contributed by atoms with Crippen LogP contribution in [0, 0.1) is 12.3 Å². The molecule has 9 heteroatoms. The van der Waals surface area contributed by atoms with Gasteiger partial charge in [-0.25, -0.2) is 10.3 Å². The van der Waals surface area contributed by atoms with Crippen molar-refractivity contribution in [2.24, 2.45) is 5.10 Å². The van der Waals surface area contributed by atoms with E-state index in [2.05, 4.69) is 16.3 Å². The summed E-state index contributed by atoms with van der Waals surface area (Å²) in [7, 11) is 0. The van der Waals surface area contributed by atoms with Crippen LogP contribution >= 0.6 is 11.6 Å². The predicted octanol–water partition coefficient (Wildman–Crippen LogP) is -2.45. The molecule has 1 fully saturated rings. The lowest BCUT2D eigenvalue weighted by Crippen LogP contribution is -2.60. The van der Waals surface area contributed by atoms with Gasteiger partial charge in [0, 0.05) is 0 Å². The Morgan fingerprint density at radius 3 is 2.70 bits per heavy atom. The van der Waals surface area contributed by atoms with Gasteiger partial charge in [0.05, 0.1) is 12.3 Å². The lowest BCUT2D eigenvalue weighted by molar-refractivity contribution is -0.166. The summed E-state index contributed by atoms with van der Waals surface area (Å²) < 4.78 is 5.44. The van der Waals surface area contributed by atoms with Gasteiger partial charge in [-0.2, -0.15) is 5.10 Å². The van der Waals surface area contributed by atoms with Crippen molar-refractivity contribution < 1.29 is 25.2 Å². The average molecular weight is 306 g/mol. The topological polar surface area (TPSA) is 118 Å². The van der Waals surface area contributed by atoms with Gasteiger partial charge in [-0.3, -0.25) is 0 Å². The van der Waals surface area contributed by atoms with Crippen molar-refractivity contribution >= 4 is 17.8 Å². The first-order chi connectivity index (χ1) is 9.31. The summed E-state index contributed by atoms with van der Waals surface area (Å²) >= 11 is 6.21. The molecule has 3 unspecified atom stereocenters. The van der Waals surface area contributed by atoms with Gasteiger partial charge in [-0.05, 0) is 6.92 Å². The van der Waals surface area contributed by atoms with Crippen LogP contribution in [0.15, 0.2) is 5.10 Å². The third kappa shape index (κ3) is 2.38. The Hall–Kier alpha value is -0.920. The van der Waals surface area contributed by atoms with E-state index in [0.29, 0.717) is 0 Å². The molecule has 0 spiro atoms. The summed E-state index contributed by atoms with van der Waals surface area (Å²) in [4.78, 5) is -1.70. The normalized spacial score (nSPS) is 46.2. The minimum absolute atomic E-state index is 0.977. The van der Waals surface area contributed by atoms with E-state index in [9.17, 15) is 20.4 Å². The molecule has 0 radical (unpaired) electrons. The number of hydrogen-bond acceptors (Lipinski definition) is 8. The second kappa shape index (κ2) is 5.46. The van der Waals surface area contributed by atoms with Crippen LogP contribution in [0.5, 0.6) is 0 Å². The molecule has 0 amide bonds. The number of aliphatic hydroxyl groups excluding tert-OH is 4. The summed E-state index contributed by atoms with van der Waals surface area (Å²) in [6.45, 7) is 1.42.